The zero-order valence-corrected chi connectivity index (χ0v) is 6.39. The molecule has 1 saturated heterocycles. The first kappa shape index (κ1) is 7.54. The van der Waals surface area contributed by atoms with Crippen LogP contribution < -0.4 is 5.73 Å². The molecule has 3 nitrogen and oxygen atoms in total. The second-order valence-electron chi connectivity index (χ2n) is 3.31. The van der Waals surface area contributed by atoms with Gasteiger partial charge in [0.15, 0.2) is 0 Å². The molecular formula is C7H13NO2. The van der Waals surface area contributed by atoms with Crippen molar-refractivity contribution in [1.82, 2.24) is 0 Å². The third kappa shape index (κ3) is 1.48. The lowest BCUT2D eigenvalue weighted by atomic mass is 10.1. The highest BCUT2D eigenvalue weighted by Crippen LogP contribution is 2.28. The Bertz CT molecular complexity index is 154. The maximum Gasteiger partial charge on any atom is 0.246 e. The summed E-state index contributed by atoms with van der Waals surface area (Å²) in [5.74, 6) is -0.342. The molecule has 1 unspecified atom stereocenters. The average Bonchev–Trinajstić information content (AvgIpc) is 2.10. The number of carbonyl (C=O) groups is 1. The molecule has 3 heteroatoms. The van der Waals surface area contributed by atoms with Crippen molar-refractivity contribution < 1.29 is 9.53 Å². The van der Waals surface area contributed by atoms with E-state index in [-0.39, 0.29) is 17.6 Å². The van der Waals surface area contributed by atoms with Crippen molar-refractivity contribution in [3.8, 4) is 0 Å². The first-order chi connectivity index (χ1) is 4.51. The number of rotatable bonds is 1. The van der Waals surface area contributed by atoms with Gasteiger partial charge in [-0.1, -0.05) is 0 Å². The molecule has 1 aliphatic heterocycles. The van der Waals surface area contributed by atoms with E-state index in [0.29, 0.717) is 0 Å². The van der Waals surface area contributed by atoms with Crippen LogP contribution in [0.2, 0.25) is 0 Å². The zero-order valence-electron chi connectivity index (χ0n) is 6.39. The van der Waals surface area contributed by atoms with Crippen LogP contribution in [-0.2, 0) is 9.53 Å². The summed E-state index contributed by atoms with van der Waals surface area (Å²) >= 11 is 0. The van der Waals surface area contributed by atoms with E-state index in [1.165, 1.54) is 0 Å². The van der Waals surface area contributed by atoms with Gasteiger partial charge in [-0.15, -0.1) is 0 Å². The van der Waals surface area contributed by atoms with Crippen LogP contribution in [0.1, 0.15) is 26.7 Å². The molecule has 0 saturated carbocycles. The maximum atomic E-state index is 10.6. The lowest BCUT2D eigenvalue weighted by Gasteiger charge is -2.17. The van der Waals surface area contributed by atoms with Gasteiger partial charge in [0.25, 0.3) is 0 Å². The van der Waals surface area contributed by atoms with E-state index >= 15 is 0 Å². The van der Waals surface area contributed by atoms with Crippen molar-refractivity contribution in [2.45, 2.75) is 38.4 Å². The van der Waals surface area contributed by atoms with E-state index in [0.717, 1.165) is 12.8 Å². The molecule has 10 heavy (non-hydrogen) atoms. The van der Waals surface area contributed by atoms with E-state index in [1.807, 2.05) is 13.8 Å². The number of ether oxygens (including phenoxy) is 1. The minimum Gasteiger partial charge on any atom is -0.367 e. The van der Waals surface area contributed by atoms with Gasteiger partial charge < -0.3 is 10.5 Å². The minimum absolute atomic E-state index is 0.153. The molecule has 0 aromatic rings. The third-order valence-corrected chi connectivity index (χ3v) is 1.79. The molecule has 58 valence electrons. The van der Waals surface area contributed by atoms with Gasteiger partial charge >= 0.3 is 0 Å². The molecule has 0 aliphatic carbocycles. The van der Waals surface area contributed by atoms with Crippen molar-refractivity contribution in [2.75, 3.05) is 0 Å². The Kier molecular flexibility index (Phi) is 1.68. The second-order valence-corrected chi connectivity index (χ2v) is 3.31. The Balaban J connectivity index is 2.51. The zero-order chi connectivity index (χ0) is 7.78. The van der Waals surface area contributed by atoms with E-state index < -0.39 is 0 Å². The summed E-state index contributed by atoms with van der Waals surface area (Å²) < 4.78 is 5.34. The number of hydrogen-bond donors (Lipinski definition) is 1. The van der Waals surface area contributed by atoms with Crippen LogP contribution in [-0.4, -0.2) is 17.6 Å². The summed E-state index contributed by atoms with van der Waals surface area (Å²) in [7, 11) is 0. The summed E-state index contributed by atoms with van der Waals surface area (Å²) in [6.45, 7) is 3.94. The van der Waals surface area contributed by atoms with Crippen molar-refractivity contribution >= 4 is 5.91 Å². The molecule has 1 fully saturated rings. The van der Waals surface area contributed by atoms with E-state index in [2.05, 4.69) is 0 Å². The van der Waals surface area contributed by atoms with Crippen LogP contribution in [0, 0.1) is 0 Å². The Morgan fingerprint density at radius 2 is 2.30 bits per heavy atom. The molecular weight excluding hydrogens is 130 g/mol. The molecule has 2 N–H and O–H groups in total. The molecule has 1 heterocycles. The van der Waals surface area contributed by atoms with Gasteiger partial charge in [-0.05, 0) is 26.7 Å². The first-order valence-corrected chi connectivity index (χ1v) is 3.48. The van der Waals surface area contributed by atoms with Crippen molar-refractivity contribution in [3.05, 3.63) is 0 Å². The smallest absolute Gasteiger partial charge is 0.246 e. The standard InChI is InChI=1S/C7H13NO2/c1-7(2)4-3-5(10-7)6(8)9/h5H,3-4H2,1-2H3,(H2,8,9). The summed E-state index contributed by atoms with van der Waals surface area (Å²) in [6.07, 6.45) is 1.33. The summed E-state index contributed by atoms with van der Waals surface area (Å²) in [4.78, 5) is 10.6. The number of carbonyl (C=O) groups excluding carboxylic acids is 1. The quantitative estimate of drug-likeness (QED) is 0.578. The largest absolute Gasteiger partial charge is 0.367 e. The molecule has 1 amide bonds. The fourth-order valence-electron chi connectivity index (χ4n) is 1.18. The molecule has 0 bridgehead atoms. The molecule has 1 aliphatic rings. The fraction of sp³-hybridized carbons (Fsp3) is 0.857. The summed E-state index contributed by atoms with van der Waals surface area (Å²) in [6, 6.07) is 0. The highest BCUT2D eigenvalue weighted by molar-refractivity contribution is 5.79. The highest BCUT2D eigenvalue weighted by Gasteiger charge is 2.34. The van der Waals surface area contributed by atoms with E-state index in [4.69, 9.17) is 10.5 Å². The lowest BCUT2D eigenvalue weighted by molar-refractivity contribution is -0.131. The highest BCUT2D eigenvalue weighted by atomic mass is 16.5. The van der Waals surface area contributed by atoms with Gasteiger partial charge in [-0.3, -0.25) is 4.79 Å². The normalized spacial score (nSPS) is 30.4. The van der Waals surface area contributed by atoms with Crippen LogP contribution >= 0.6 is 0 Å². The Morgan fingerprint density at radius 1 is 1.70 bits per heavy atom. The fourth-order valence-corrected chi connectivity index (χ4v) is 1.18. The van der Waals surface area contributed by atoms with Gasteiger partial charge in [0.1, 0.15) is 6.10 Å². The number of amides is 1. The van der Waals surface area contributed by atoms with E-state index in [1.54, 1.807) is 0 Å². The molecule has 1 atom stereocenters. The van der Waals surface area contributed by atoms with Crippen molar-refractivity contribution in [2.24, 2.45) is 5.73 Å². The number of nitrogens with two attached hydrogens (primary N) is 1. The van der Waals surface area contributed by atoms with Crippen LogP contribution in [0.4, 0.5) is 0 Å². The van der Waals surface area contributed by atoms with Crippen LogP contribution in [0.25, 0.3) is 0 Å². The monoisotopic (exact) mass is 143 g/mol. The van der Waals surface area contributed by atoms with Gasteiger partial charge in [0, 0.05) is 0 Å². The SMILES string of the molecule is CC1(C)CCC(C(N)=O)O1. The summed E-state index contributed by atoms with van der Waals surface area (Å²) in [5, 5.41) is 0. The number of hydrogen-bond acceptors (Lipinski definition) is 2. The molecule has 0 aromatic carbocycles. The summed E-state index contributed by atoms with van der Waals surface area (Å²) in [5.41, 5.74) is 4.90. The van der Waals surface area contributed by atoms with Crippen molar-refractivity contribution in [1.29, 1.82) is 0 Å². The minimum atomic E-state index is -0.352. The average molecular weight is 143 g/mol. The molecule has 1 rings (SSSR count). The van der Waals surface area contributed by atoms with E-state index in [9.17, 15) is 4.79 Å². The maximum absolute atomic E-state index is 10.6. The topological polar surface area (TPSA) is 52.3 Å². The molecule has 0 radical (unpaired) electrons. The first-order valence-electron chi connectivity index (χ1n) is 3.48. The Hall–Kier alpha value is -0.570. The number of primary amides is 1. The predicted octanol–water partition coefficient (Wildman–Crippen LogP) is 0.429. The Labute approximate surface area is 60.5 Å². The second kappa shape index (κ2) is 2.23. The van der Waals surface area contributed by atoms with Gasteiger partial charge in [0.2, 0.25) is 5.91 Å². The van der Waals surface area contributed by atoms with Gasteiger partial charge in [-0.25, -0.2) is 0 Å². The van der Waals surface area contributed by atoms with Gasteiger partial charge in [-0.2, -0.15) is 0 Å². The van der Waals surface area contributed by atoms with Crippen LogP contribution in [0.5, 0.6) is 0 Å². The van der Waals surface area contributed by atoms with Crippen LogP contribution in [0.3, 0.4) is 0 Å². The molecule has 0 spiro atoms. The lowest BCUT2D eigenvalue weighted by Crippen LogP contribution is -2.30. The van der Waals surface area contributed by atoms with Crippen molar-refractivity contribution in [3.63, 3.8) is 0 Å². The molecule has 0 aromatic heterocycles. The third-order valence-electron chi connectivity index (χ3n) is 1.79. The predicted molar refractivity (Wildman–Crippen MR) is 37.4 cm³/mol. The van der Waals surface area contributed by atoms with Gasteiger partial charge in [0.05, 0.1) is 5.60 Å². The van der Waals surface area contributed by atoms with Crippen LogP contribution in [0.15, 0.2) is 0 Å². The Morgan fingerprint density at radius 3 is 2.50 bits per heavy atom.